The van der Waals surface area contributed by atoms with Gasteiger partial charge in [0.2, 0.25) is 0 Å². The largest absolute Gasteiger partial charge is 0.459 e. The highest BCUT2D eigenvalue weighted by molar-refractivity contribution is 5.77. The van der Waals surface area contributed by atoms with E-state index in [1.807, 2.05) is 0 Å². The number of rotatable bonds is 2. The molecule has 1 heterocycles. The maximum absolute atomic E-state index is 11.6. The molecule has 0 radical (unpaired) electrons. The van der Waals surface area contributed by atoms with Gasteiger partial charge in [0.25, 0.3) is 0 Å². The van der Waals surface area contributed by atoms with Crippen LogP contribution < -0.4 is 11.1 Å². The normalized spacial score (nSPS) is 28.9. The number of ether oxygens (including phenoxy) is 1. The summed E-state index contributed by atoms with van der Waals surface area (Å²) >= 11 is 0. The number of carbonyl (C=O) groups excluding carboxylic acids is 1. The van der Waals surface area contributed by atoms with Gasteiger partial charge >= 0.3 is 5.97 Å². The highest BCUT2D eigenvalue weighted by atomic mass is 16.6. The van der Waals surface area contributed by atoms with Gasteiger partial charge in [0.15, 0.2) is 0 Å². The summed E-state index contributed by atoms with van der Waals surface area (Å²) in [5.41, 5.74) is 3.96. The van der Waals surface area contributed by atoms with Crippen LogP contribution in [0.3, 0.4) is 0 Å². The summed E-state index contributed by atoms with van der Waals surface area (Å²) in [6.45, 7) is 6.33. The smallest absolute Gasteiger partial charge is 0.326 e. The van der Waals surface area contributed by atoms with Gasteiger partial charge in [-0.05, 0) is 33.7 Å². The Morgan fingerprint density at radius 1 is 1.60 bits per heavy atom. The highest BCUT2D eigenvalue weighted by Crippen LogP contribution is 2.20. The number of aliphatic hydroxyl groups is 1. The lowest BCUT2D eigenvalue weighted by molar-refractivity contribution is -0.162. The van der Waals surface area contributed by atoms with Crippen molar-refractivity contribution in [3.8, 4) is 0 Å². The van der Waals surface area contributed by atoms with Gasteiger partial charge in [-0.1, -0.05) is 0 Å². The number of hydrogen-bond acceptors (Lipinski definition) is 5. The lowest BCUT2D eigenvalue weighted by Gasteiger charge is -2.30. The molecule has 0 aliphatic carbocycles. The fourth-order valence-corrected chi connectivity index (χ4v) is 1.55. The third-order valence-corrected chi connectivity index (χ3v) is 2.41. The molecule has 15 heavy (non-hydrogen) atoms. The first-order chi connectivity index (χ1) is 6.75. The molecule has 0 aromatic rings. The van der Waals surface area contributed by atoms with E-state index in [2.05, 4.69) is 5.32 Å². The summed E-state index contributed by atoms with van der Waals surface area (Å²) in [4.78, 5) is 11.6. The summed E-state index contributed by atoms with van der Waals surface area (Å²) in [6, 6.07) is -0.980. The van der Waals surface area contributed by atoms with Crippen LogP contribution in [0.4, 0.5) is 0 Å². The van der Waals surface area contributed by atoms with Gasteiger partial charge in [0.1, 0.15) is 17.2 Å². The van der Waals surface area contributed by atoms with Crippen LogP contribution >= 0.6 is 0 Å². The fourth-order valence-electron chi connectivity index (χ4n) is 1.55. The Labute approximate surface area is 90.0 Å². The molecular formula is C10H20N2O3. The summed E-state index contributed by atoms with van der Waals surface area (Å²) in [6.07, 6.45) is 0.480. The molecule has 2 unspecified atom stereocenters. The molecule has 0 saturated carbocycles. The average molecular weight is 216 g/mol. The quantitative estimate of drug-likeness (QED) is 0.536. The zero-order chi connectivity index (χ0) is 11.7. The first kappa shape index (κ1) is 12.4. The van der Waals surface area contributed by atoms with Crippen LogP contribution in [0, 0.1) is 0 Å². The highest BCUT2D eigenvalue weighted by Gasteiger charge is 2.43. The van der Waals surface area contributed by atoms with Crippen molar-refractivity contribution in [3.63, 3.8) is 0 Å². The molecule has 0 spiro atoms. The summed E-state index contributed by atoms with van der Waals surface area (Å²) < 4.78 is 5.13. The lowest BCUT2D eigenvalue weighted by atomic mass is 9.94. The number of nitrogens with two attached hydrogens (primary N) is 1. The molecule has 1 aliphatic heterocycles. The van der Waals surface area contributed by atoms with Gasteiger partial charge < -0.3 is 20.9 Å². The average Bonchev–Trinajstić information content (AvgIpc) is 2.49. The van der Waals surface area contributed by atoms with Crippen molar-refractivity contribution < 1.29 is 14.6 Å². The molecule has 1 aliphatic rings. The second-order valence-corrected chi connectivity index (χ2v) is 5.04. The van der Waals surface area contributed by atoms with Gasteiger partial charge in [-0.3, -0.25) is 4.79 Å². The van der Waals surface area contributed by atoms with E-state index in [1.165, 1.54) is 0 Å². The Morgan fingerprint density at radius 3 is 2.60 bits per heavy atom. The van der Waals surface area contributed by atoms with E-state index in [9.17, 15) is 9.90 Å². The van der Waals surface area contributed by atoms with Crippen molar-refractivity contribution in [3.05, 3.63) is 0 Å². The number of hydrogen-bond donors (Lipinski definition) is 3. The Morgan fingerprint density at radius 2 is 2.20 bits per heavy atom. The molecule has 0 amide bonds. The predicted molar refractivity (Wildman–Crippen MR) is 56.3 cm³/mol. The van der Waals surface area contributed by atoms with Crippen LogP contribution in [0.25, 0.3) is 0 Å². The standard InChI is InChI=1S/C10H20N2O3/c1-9(2,3)15-8(13)7(11)10(14)4-5-12-6-10/h7,12,14H,4-6,11H2,1-3H3. The molecule has 1 saturated heterocycles. The van der Waals surface area contributed by atoms with Crippen LogP contribution in [0.1, 0.15) is 27.2 Å². The van der Waals surface area contributed by atoms with Gasteiger partial charge in [-0.15, -0.1) is 0 Å². The van der Waals surface area contributed by atoms with Gasteiger partial charge in [-0.2, -0.15) is 0 Å². The SMILES string of the molecule is CC(C)(C)OC(=O)C(N)C1(O)CCNC1. The van der Waals surface area contributed by atoms with Crippen molar-refractivity contribution in [1.29, 1.82) is 0 Å². The van der Waals surface area contributed by atoms with Crippen molar-refractivity contribution in [2.24, 2.45) is 5.73 Å². The lowest BCUT2D eigenvalue weighted by Crippen LogP contribution is -2.55. The zero-order valence-electron chi connectivity index (χ0n) is 9.54. The summed E-state index contributed by atoms with van der Waals surface area (Å²) in [7, 11) is 0. The van der Waals surface area contributed by atoms with Crippen LogP contribution in [-0.4, -0.2) is 41.4 Å². The molecule has 0 aromatic carbocycles. The van der Waals surface area contributed by atoms with Gasteiger partial charge in [0, 0.05) is 6.54 Å². The topological polar surface area (TPSA) is 84.6 Å². The van der Waals surface area contributed by atoms with E-state index < -0.39 is 23.2 Å². The van der Waals surface area contributed by atoms with Crippen LogP contribution in [0.15, 0.2) is 0 Å². The van der Waals surface area contributed by atoms with Crippen molar-refractivity contribution in [1.82, 2.24) is 5.32 Å². The van der Waals surface area contributed by atoms with Gasteiger partial charge in [-0.25, -0.2) is 0 Å². The fraction of sp³-hybridized carbons (Fsp3) is 0.900. The minimum atomic E-state index is -1.16. The number of β-amino-alcohol motifs (C(OH)–C–C–N with tert-alkyl or cyclic N) is 1. The van der Waals surface area contributed by atoms with E-state index in [4.69, 9.17) is 10.5 Å². The van der Waals surface area contributed by atoms with Crippen LogP contribution in [0.5, 0.6) is 0 Å². The number of carbonyl (C=O) groups is 1. The van der Waals surface area contributed by atoms with Gasteiger partial charge in [0.05, 0.1) is 0 Å². The molecule has 1 fully saturated rings. The summed E-state index contributed by atoms with van der Waals surface area (Å²) in [5, 5.41) is 13.0. The minimum absolute atomic E-state index is 0.341. The predicted octanol–water partition coefficient (Wildman–Crippen LogP) is -0.620. The molecule has 0 aromatic heterocycles. The van der Waals surface area contributed by atoms with Crippen molar-refractivity contribution >= 4 is 5.97 Å². The molecule has 0 bridgehead atoms. The van der Waals surface area contributed by atoms with Crippen LogP contribution in [-0.2, 0) is 9.53 Å². The summed E-state index contributed by atoms with van der Waals surface area (Å²) in [5.74, 6) is -0.547. The van der Waals surface area contributed by atoms with E-state index in [-0.39, 0.29) is 0 Å². The minimum Gasteiger partial charge on any atom is -0.459 e. The zero-order valence-corrected chi connectivity index (χ0v) is 9.54. The Kier molecular flexibility index (Phi) is 3.38. The second kappa shape index (κ2) is 4.08. The molecule has 2 atom stereocenters. The molecular weight excluding hydrogens is 196 g/mol. The monoisotopic (exact) mass is 216 g/mol. The Balaban J connectivity index is 2.60. The third kappa shape index (κ3) is 3.15. The van der Waals surface area contributed by atoms with Crippen molar-refractivity contribution in [2.45, 2.75) is 44.4 Å². The maximum atomic E-state index is 11.6. The van der Waals surface area contributed by atoms with E-state index in [0.717, 1.165) is 0 Å². The molecule has 5 nitrogen and oxygen atoms in total. The second-order valence-electron chi connectivity index (χ2n) is 5.04. The third-order valence-electron chi connectivity index (χ3n) is 2.41. The first-order valence-corrected chi connectivity index (χ1v) is 5.16. The molecule has 88 valence electrons. The van der Waals surface area contributed by atoms with Crippen LogP contribution in [0.2, 0.25) is 0 Å². The molecule has 1 rings (SSSR count). The number of nitrogens with one attached hydrogen (secondary N) is 1. The van der Waals surface area contributed by atoms with E-state index in [0.29, 0.717) is 19.5 Å². The first-order valence-electron chi connectivity index (χ1n) is 5.16. The van der Waals surface area contributed by atoms with E-state index in [1.54, 1.807) is 20.8 Å². The van der Waals surface area contributed by atoms with Crippen molar-refractivity contribution in [2.75, 3.05) is 13.1 Å². The Bertz CT molecular complexity index is 242. The number of esters is 1. The molecule has 4 N–H and O–H groups in total. The molecule has 5 heteroatoms. The van der Waals surface area contributed by atoms with E-state index >= 15 is 0 Å². The maximum Gasteiger partial charge on any atom is 0.326 e. The Hall–Kier alpha value is -0.650.